The SMILES string of the molecule is C=CC[C@H](OCc1ccccc1)[C@@H](CO[Si](C)(C)C(C)(C)C)O[Si](CCC(F)(F)C(F)(F)C(F)(F)C(F)(F)F)(C(C)C)C(C)C. The number of ether oxygens (including phenoxy) is 1. The molecule has 0 radical (unpaired) electrons. The first-order valence-electron chi connectivity index (χ1n) is 15.0. The Kier molecular flexibility index (Phi) is 14.1. The van der Waals surface area contributed by atoms with Gasteiger partial charge < -0.3 is 13.6 Å². The van der Waals surface area contributed by atoms with E-state index in [0.717, 1.165) is 5.56 Å². The van der Waals surface area contributed by atoms with E-state index in [1.165, 1.54) is 0 Å². The van der Waals surface area contributed by atoms with Gasteiger partial charge in [-0.25, -0.2) is 0 Å². The van der Waals surface area contributed by atoms with Crippen molar-refractivity contribution in [3.8, 4) is 0 Å². The van der Waals surface area contributed by atoms with E-state index in [4.69, 9.17) is 13.6 Å². The average molecular weight is 697 g/mol. The Morgan fingerprint density at radius 1 is 0.800 bits per heavy atom. The molecule has 0 aliphatic rings. The van der Waals surface area contributed by atoms with Gasteiger partial charge >= 0.3 is 23.9 Å². The molecule has 0 aliphatic carbocycles. The largest absolute Gasteiger partial charge is 0.460 e. The molecule has 2 atom stereocenters. The highest BCUT2D eigenvalue weighted by Crippen LogP contribution is 2.55. The summed E-state index contributed by atoms with van der Waals surface area (Å²) in [5, 5.41) is -0.224. The van der Waals surface area contributed by atoms with Gasteiger partial charge in [0.15, 0.2) is 16.6 Å². The van der Waals surface area contributed by atoms with E-state index in [0.29, 0.717) is 0 Å². The fourth-order valence-electron chi connectivity index (χ4n) is 4.77. The predicted molar refractivity (Wildman–Crippen MR) is 164 cm³/mol. The van der Waals surface area contributed by atoms with Crippen LogP contribution in [0.2, 0.25) is 35.3 Å². The number of alkyl halides is 9. The standard InChI is InChI=1S/C31H49F9O3Si2/c1-11-15-25(41-20-24-16-13-12-14-17-24)26(21-42-44(9,10)27(6,7)8)43-45(22(2)3,23(4)5)19-18-28(32,33)29(34,35)30(36,37)31(38,39)40/h11-14,16-17,22-23,25-26H,1,15,18-21H2,2-10H3/t25-,26+/m0/s1. The van der Waals surface area contributed by atoms with Gasteiger partial charge in [0.25, 0.3) is 0 Å². The van der Waals surface area contributed by atoms with Crippen LogP contribution in [0.25, 0.3) is 0 Å². The zero-order valence-corrected chi connectivity index (χ0v) is 29.6. The summed E-state index contributed by atoms with van der Waals surface area (Å²) in [6, 6.07) is 8.35. The number of benzene rings is 1. The summed E-state index contributed by atoms with van der Waals surface area (Å²) < 4.78 is 143. The van der Waals surface area contributed by atoms with Gasteiger partial charge in [-0.3, -0.25) is 0 Å². The van der Waals surface area contributed by atoms with Gasteiger partial charge in [-0.15, -0.1) is 6.58 Å². The van der Waals surface area contributed by atoms with Crippen molar-refractivity contribution < 1.29 is 53.1 Å². The molecule has 0 saturated heterocycles. The number of rotatable bonds is 18. The van der Waals surface area contributed by atoms with Gasteiger partial charge in [-0.2, -0.15) is 39.5 Å². The molecule has 0 bridgehead atoms. The molecule has 1 aromatic rings. The smallest absolute Gasteiger partial charge is 0.414 e. The maximum atomic E-state index is 14.8. The molecule has 1 aromatic carbocycles. The Hall–Kier alpha value is -1.36. The van der Waals surface area contributed by atoms with Crippen molar-refractivity contribution in [3.63, 3.8) is 0 Å². The summed E-state index contributed by atoms with van der Waals surface area (Å²) in [5.41, 5.74) is -0.225. The van der Waals surface area contributed by atoms with E-state index < -0.39 is 76.3 Å². The molecule has 0 fully saturated rings. The molecule has 0 amide bonds. The van der Waals surface area contributed by atoms with E-state index in [2.05, 4.69) is 6.58 Å². The summed E-state index contributed by atoms with van der Waals surface area (Å²) >= 11 is 0. The summed E-state index contributed by atoms with van der Waals surface area (Å²) in [4.78, 5) is 0. The first-order chi connectivity index (χ1) is 20.2. The summed E-state index contributed by atoms with van der Waals surface area (Å²) in [6.07, 6.45) is -8.62. The normalized spacial score (nSPS) is 15.9. The molecule has 0 aromatic heterocycles. The summed E-state index contributed by atoms with van der Waals surface area (Å²) in [7, 11) is -6.09. The third-order valence-corrected chi connectivity index (χ3v) is 19.1. The Morgan fingerprint density at radius 2 is 1.31 bits per heavy atom. The first-order valence-corrected chi connectivity index (χ1v) is 20.2. The Bertz CT molecular complexity index is 1050. The zero-order valence-electron chi connectivity index (χ0n) is 27.6. The molecular weight excluding hydrogens is 647 g/mol. The molecule has 0 saturated carbocycles. The maximum absolute atomic E-state index is 14.8. The van der Waals surface area contributed by atoms with Crippen LogP contribution in [-0.4, -0.2) is 59.4 Å². The van der Waals surface area contributed by atoms with Crippen molar-refractivity contribution in [2.75, 3.05) is 6.61 Å². The van der Waals surface area contributed by atoms with Gasteiger partial charge in [0.1, 0.15) is 0 Å². The third-order valence-electron chi connectivity index (χ3n) is 8.90. The minimum atomic E-state index is -6.94. The molecule has 1 rings (SSSR count). The molecule has 0 heterocycles. The van der Waals surface area contributed by atoms with Gasteiger partial charge in [-0.05, 0) is 47.2 Å². The highest BCUT2D eigenvalue weighted by atomic mass is 28.4. The second-order valence-electron chi connectivity index (χ2n) is 13.7. The topological polar surface area (TPSA) is 27.7 Å². The number of hydrogen-bond donors (Lipinski definition) is 0. The Balaban J connectivity index is 3.58. The predicted octanol–water partition coefficient (Wildman–Crippen LogP) is 11.2. The lowest BCUT2D eigenvalue weighted by atomic mass is 10.0. The van der Waals surface area contributed by atoms with E-state index in [9.17, 15) is 39.5 Å². The fourth-order valence-corrected chi connectivity index (χ4v) is 10.4. The number of halogens is 9. The van der Waals surface area contributed by atoms with Crippen LogP contribution < -0.4 is 0 Å². The summed E-state index contributed by atoms with van der Waals surface area (Å²) in [5.74, 6) is -19.3. The van der Waals surface area contributed by atoms with Crippen molar-refractivity contribution in [2.45, 2.75) is 139 Å². The van der Waals surface area contributed by atoms with Crippen LogP contribution in [0.1, 0.15) is 66.9 Å². The third kappa shape index (κ3) is 9.83. The van der Waals surface area contributed by atoms with Crippen LogP contribution >= 0.6 is 0 Å². The van der Waals surface area contributed by atoms with Crippen molar-refractivity contribution in [3.05, 3.63) is 48.6 Å². The highest BCUT2D eigenvalue weighted by molar-refractivity contribution is 6.76. The maximum Gasteiger partial charge on any atom is 0.460 e. The molecule has 0 N–H and O–H groups in total. The van der Waals surface area contributed by atoms with Crippen LogP contribution in [0.5, 0.6) is 0 Å². The van der Waals surface area contributed by atoms with Crippen molar-refractivity contribution in [2.24, 2.45) is 0 Å². The van der Waals surface area contributed by atoms with Gasteiger partial charge in [0.2, 0.25) is 0 Å². The lowest BCUT2D eigenvalue weighted by molar-refractivity contribution is -0.396. The van der Waals surface area contributed by atoms with Crippen molar-refractivity contribution >= 4 is 16.6 Å². The van der Waals surface area contributed by atoms with Crippen LogP contribution in [-0.2, 0) is 20.2 Å². The van der Waals surface area contributed by atoms with E-state index in [1.54, 1.807) is 33.8 Å². The Morgan fingerprint density at radius 3 is 1.73 bits per heavy atom. The number of hydrogen-bond acceptors (Lipinski definition) is 3. The Labute approximate surface area is 264 Å². The van der Waals surface area contributed by atoms with Gasteiger partial charge in [0, 0.05) is 6.42 Å². The quantitative estimate of drug-likeness (QED) is 0.0869. The fraction of sp³-hybridized carbons (Fsp3) is 0.742. The minimum Gasteiger partial charge on any atom is -0.414 e. The minimum absolute atomic E-state index is 0.0450. The molecule has 3 nitrogen and oxygen atoms in total. The molecule has 262 valence electrons. The van der Waals surface area contributed by atoms with Gasteiger partial charge in [0.05, 0.1) is 25.4 Å². The average Bonchev–Trinajstić information content (AvgIpc) is 2.89. The van der Waals surface area contributed by atoms with E-state index in [1.807, 2.05) is 64.2 Å². The molecule has 45 heavy (non-hydrogen) atoms. The monoisotopic (exact) mass is 696 g/mol. The van der Waals surface area contributed by atoms with Crippen LogP contribution in [0.15, 0.2) is 43.0 Å². The molecule has 0 spiro atoms. The van der Waals surface area contributed by atoms with Crippen LogP contribution in [0, 0.1) is 0 Å². The van der Waals surface area contributed by atoms with Crippen molar-refractivity contribution in [1.29, 1.82) is 0 Å². The second kappa shape index (κ2) is 15.2. The van der Waals surface area contributed by atoms with Crippen LogP contribution in [0.4, 0.5) is 39.5 Å². The zero-order chi connectivity index (χ0) is 35.3. The lowest BCUT2D eigenvalue weighted by Gasteiger charge is -2.45. The molecule has 0 aliphatic heterocycles. The van der Waals surface area contributed by atoms with Gasteiger partial charge in [-0.1, -0.05) is 84.9 Å². The van der Waals surface area contributed by atoms with E-state index in [-0.39, 0.29) is 24.7 Å². The molecule has 0 unspecified atom stereocenters. The second-order valence-corrected chi connectivity index (χ2v) is 23.5. The van der Waals surface area contributed by atoms with E-state index >= 15 is 0 Å². The molecule has 14 heteroatoms. The lowest BCUT2D eigenvalue weighted by Crippen LogP contribution is -2.61. The van der Waals surface area contributed by atoms with Crippen molar-refractivity contribution in [1.82, 2.24) is 0 Å². The highest BCUT2D eigenvalue weighted by Gasteiger charge is 2.81. The first kappa shape index (κ1) is 41.7. The summed E-state index contributed by atoms with van der Waals surface area (Å²) in [6.45, 7) is 20.5. The van der Waals surface area contributed by atoms with Crippen LogP contribution in [0.3, 0.4) is 0 Å². The molecular formula is C31H49F9O3Si2.